The van der Waals surface area contributed by atoms with Crippen LogP contribution in [0.15, 0.2) is 185 Å². The molecule has 3 aromatic heterocycles. The van der Waals surface area contributed by atoms with Crippen molar-refractivity contribution in [2.24, 2.45) is 0 Å². The predicted octanol–water partition coefficient (Wildman–Crippen LogP) is 13.1. The largest absolute Gasteiger partial charge is 0.456 e. The standard InChI is InChI=1S/C47H29N3O2/c1-3-12-30(13-4-1)47-48-40-26-25-36-38(46(40)52-47)18-11-20-41(36)49(32-23-27-45-39(28-32)37-17-8-10-21-44(37)51-45)33-22-24-35-34-16-7-9-19-42(34)50(43(35)29-33)31-14-5-2-6-15-31/h1-29H. The van der Waals surface area contributed by atoms with Crippen LogP contribution in [0.4, 0.5) is 17.1 Å². The molecule has 0 aliphatic rings. The fraction of sp³-hybridized carbons (Fsp3) is 0. The van der Waals surface area contributed by atoms with Crippen molar-refractivity contribution in [2.75, 3.05) is 4.90 Å². The molecule has 0 radical (unpaired) electrons. The first-order chi connectivity index (χ1) is 25.8. The van der Waals surface area contributed by atoms with Gasteiger partial charge in [0.15, 0.2) is 5.58 Å². The summed E-state index contributed by atoms with van der Waals surface area (Å²) in [5, 5.41) is 6.65. The number of anilines is 3. The SMILES string of the molecule is c1ccc(-c2nc3ccc4c(N(c5ccc6oc7ccccc7c6c5)c5ccc6c7ccccc7n(-c7ccccc7)c6c5)cccc4c3o2)cc1. The predicted molar refractivity (Wildman–Crippen MR) is 213 cm³/mol. The molecule has 8 aromatic carbocycles. The van der Waals surface area contributed by atoms with Crippen LogP contribution in [0.3, 0.4) is 0 Å². The maximum atomic E-state index is 6.52. The van der Waals surface area contributed by atoms with E-state index in [0.29, 0.717) is 5.89 Å². The lowest BCUT2D eigenvalue weighted by Crippen LogP contribution is -2.10. The first-order valence-electron chi connectivity index (χ1n) is 17.5. The van der Waals surface area contributed by atoms with Gasteiger partial charge < -0.3 is 18.3 Å². The van der Waals surface area contributed by atoms with Crippen molar-refractivity contribution in [3.05, 3.63) is 176 Å². The van der Waals surface area contributed by atoms with Gasteiger partial charge in [-0.2, -0.15) is 0 Å². The van der Waals surface area contributed by atoms with Gasteiger partial charge in [-0.25, -0.2) is 4.98 Å². The van der Waals surface area contributed by atoms with Crippen molar-refractivity contribution in [1.82, 2.24) is 9.55 Å². The smallest absolute Gasteiger partial charge is 0.227 e. The van der Waals surface area contributed by atoms with Gasteiger partial charge in [-0.1, -0.05) is 91.0 Å². The topological polar surface area (TPSA) is 47.3 Å². The summed E-state index contributed by atoms with van der Waals surface area (Å²) in [6.07, 6.45) is 0. The third-order valence-corrected chi connectivity index (χ3v) is 10.2. The summed E-state index contributed by atoms with van der Waals surface area (Å²) in [6.45, 7) is 0. The van der Waals surface area contributed by atoms with Crippen LogP contribution in [0.5, 0.6) is 0 Å². The molecule has 0 atom stereocenters. The van der Waals surface area contributed by atoms with Crippen LogP contribution >= 0.6 is 0 Å². The fourth-order valence-corrected chi connectivity index (χ4v) is 7.86. The first kappa shape index (κ1) is 28.7. The molecule has 244 valence electrons. The number of benzene rings is 8. The van der Waals surface area contributed by atoms with Crippen LogP contribution < -0.4 is 4.90 Å². The molecule has 0 spiro atoms. The number of hydrogen-bond donors (Lipinski definition) is 0. The molecule has 5 heteroatoms. The number of fused-ring (bicyclic) bond motifs is 9. The second-order valence-corrected chi connectivity index (χ2v) is 13.2. The summed E-state index contributed by atoms with van der Waals surface area (Å²) in [4.78, 5) is 7.24. The first-order valence-corrected chi connectivity index (χ1v) is 17.5. The van der Waals surface area contributed by atoms with E-state index in [2.05, 4.69) is 143 Å². The summed E-state index contributed by atoms with van der Waals surface area (Å²) < 4.78 is 15.2. The molecule has 52 heavy (non-hydrogen) atoms. The Morgan fingerprint density at radius 2 is 1.12 bits per heavy atom. The van der Waals surface area contributed by atoms with Crippen LogP contribution in [0, 0.1) is 0 Å². The number of rotatable bonds is 5. The number of aromatic nitrogens is 2. The van der Waals surface area contributed by atoms with E-state index >= 15 is 0 Å². The molecule has 3 heterocycles. The van der Waals surface area contributed by atoms with Crippen LogP contribution in [-0.4, -0.2) is 9.55 Å². The van der Waals surface area contributed by atoms with Crippen LogP contribution in [0.1, 0.15) is 0 Å². The third kappa shape index (κ3) is 4.33. The van der Waals surface area contributed by atoms with Crippen molar-refractivity contribution in [1.29, 1.82) is 0 Å². The molecular formula is C47H29N3O2. The molecule has 0 aliphatic carbocycles. The zero-order valence-corrected chi connectivity index (χ0v) is 27.9. The summed E-state index contributed by atoms with van der Waals surface area (Å²) in [7, 11) is 0. The lowest BCUT2D eigenvalue weighted by molar-refractivity contribution is 0.623. The molecule has 0 saturated heterocycles. The van der Waals surface area contributed by atoms with E-state index in [9.17, 15) is 0 Å². The maximum Gasteiger partial charge on any atom is 0.227 e. The Kier molecular flexibility index (Phi) is 6.18. The van der Waals surface area contributed by atoms with E-state index in [1.807, 2.05) is 42.5 Å². The normalized spacial score (nSPS) is 11.8. The minimum atomic E-state index is 0.613. The number of furan rings is 1. The Labute approximate surface area is 298 Å². The minimum Gasteiger partial charge on any atom is -0.456 e. The molecule has 0 aliphatic heterocycles. The molecule has 0 amide bonds. The zero-order chi connectivity index (χ0) is 34.2. The number of para-hydroxylation sites is 3. The lowest BCUT2D eigenvalue weighted by Gasteiger charge is -2.27. The van der Waals surface area contributed by atoms with Gasteiger partial charge in [0.25, 0.3) is 0 Å². The summed E-state index contributed by atoms with van der Waals surface area (Å²) in [5.74, 6) is 0.613. The van der Waals surface area contributed by atoms with E-state index in [4.69, 9.17) is 13.8 Å². The molecule has 0 saturated carbocycles. The van der Waals surface area contributed by atoms with Gasteiger partial charge >= 0.3 is 0 Å². The highest BCUT2D eigenvalue weighted by Crippen LogP contribution is 2.45. The van der Waals surface area contributed by atoms with Gasteiger partial charge in [-0.15, -0.1) is 0 Å². The average molecular weight is 668 g/mol. The van der Waals surface area contributed by atoms with Crippen LogP contribution in [-0.2, 0) is 0 Å². The monoisotopic (exact) mass is 667 g/mol. The maximum absolute atomic E-state index is 6.52. The Morgan fingerprint density at radius 3 is 2.00 bits per heavy atom. The van der Waals surface area contributed by atoms with E-state index in [0.717, 1.165) is 77.6 Å². The Balaban J connectivity index is 1.19. The lowest BCUT2D eigenvalue weighted by atomic mass is 10.0. The van der Waals surface area contributed by atoms with Crippen molar-refractivity contribution < 1.29 is 8.83 Å². The second-order valence-electron chi connectivity index (χ2n) is 13.2. The number of oxazole rings is 1. The molecule has 5 nitrogen and oxygen atoms in total. The molecule has 11 rings (SSSR count). The molecule has 11 aromatic rings. The van der Waals surface area contributed by atoms with Crippen molar-refractivity contribution >= 4 is 82.7 Å². The van der Waals surface area contributed by atoms with E-state index < -0.39 is 0 Å². The highest BCUT2D eigenvalue weighted by molar-refractivity contribution is 6.13. The Hall–Kier alpha value is -7.11. The summed E-state index contributed by atoms with van der Waals surface area (Å²) in [5.41, 5.74) is 10.8. The van der Waals surface area contributed by atoms with Gasteiger partial charge in [0.1, 0.15) is 16.7 Å². The number of nitrogens with zero attached hydrogens (tertiary/aromatic N) is 3. The second kappa shape index (κ2) is 11.2. The molecule has 0 fully saturated rings. The van der Waals surface area contributed by atoms with Crippen molar-refractivity contribution in [3.63, 3.8) is 0 Å². The van der Waals surface area contributed by atoms with Crippen molar-refractivity contribution in [3.8, 4) is 17.1 Å². The van der Waals surface area contributed by atoms with Crippen LogP contribution in [0.25, 0.3) is 82.8 Å². The molecule has 0 unspecified atom stereocenters. The number of hydrogen-bond acceptors (Lipinski definition) is 4. The highest BCUT2D eigenvalue weighted by atomic mass is 16.3. The zero-order valence-electron chi connectivity index (χ0n) is 27.9. The van der Waals surface area contributed by atoms with Crippen LogP contribution in [0.2, 0.25) is 0 Å². The van der Waals surface area contributed by atoms with Gasteiger partial charge in [-0.3, -0.25) is 0 Å². The van der Waals surface area contributed by atoms with Gasteiger partial charge in [0, 0.05) is 54.9 Å². The molecule has 0 N–H and O–H groups in total. The molecular weight excluding hydrogens is 639 g/mol. The van der Waals surface area contributed by atoms with Gasteiger partial charge in [0.05, 0.1) is 16.7 Å². The summed E-state index contributed by atoms with van der Waals surface area (Å²) >= 11 is 0. The third-order valence-electron chi connectivity index (χ3n) is 10.2. The van der Waals surface area contributed by atoms with Gasteiger partial charge in [-0.05, 0) is 84.9 Å². The highest BCUT2D eigenvalue weighted by Gasteiger charge is 2.22. The molecule has 0 bridgehead atoms. The minimum absolute atomic E-state index is 0.613. The van der Waals surface area contributed by atoms with E-state index in [1.165, 1.54) is 16.3 Å². The van der Waals surface area contributed by atoms with Crippen molar-refractivity contribution in [2.45, 2.75) is 0 Å². The Bertz CT molecular complexity index is 3140. The summed E-state index contributed by atoms with van der Waals surface area (Å²) in [6, 6.07) is 61.5. The fourth-order valence-electron chi connectivity index (χ4n) is 7.86. The quantitative estimate of drug-likeness (QED) is 0.183. The van der Waals surface area contributed by atoms with E-state index in [1.54, 1.807) is 0 Å². The average Bonchev–Trinajstić information content (AvgIpc) is 3.91. The van der Waals surface area contributed by atoms with Gasteiger partial charge in [0.2, 0.25) is 5.89 Å². The van der Waals surface area contributed by atoms with E-state index in [-0.39, 0.29) is 0 Å². The Morgan fingerprint density at radius 1 is 0.442 bits per heavy atom.